The lowest BCUT2D eigenvalue weighted by Gasteiger charge is -2.07. The van der Waals surface area contributed by atoms with Crippen molar-refractivity contribution in [2.45, 2.75) is 58.8 Å². The highest BCUT2D eigenvalue weighted by molar-refractivity contribution is 6.07. The van der Waals surface area contributed by atoms with Gasteiger partial charge in [0, 0.05) is 23.1 Å². The first-order chi connectivity index (χ1) is 10.2. The number of hydrogen-bond donors (Lipinski definition) is 0. The summed E-state index contributed by atoms with van der Waals surface area (Å²) in [6.45, 7) is 4.17. The number of pyridine rings is 1. The average Bonchev–Trinajstić information content (AvgIpc) is 2.49. The van der Waals surface area contributed by atoms with Crippen molar-refractivity contribution in [3.8, 4) is 0 Å². The van der Waals surface area contributed by atoms with Crippen LogP contribution in [0.2, 0.25) is 0 Å². The van der Waals surface area contributed by atoms with Gasteiger partial charge in [-0.25, -0.2) is 0 Å². The van der Waals surface area contributed by atoms with E-state index in [-0.39, 0.29) is 5.78 Å². The molecule has 0 aliphatic rings. The molecule has 0 unspecified atom stereocenters. The van der Waals surface area contributed by atoms with E-state index < -0.39 is 0 Å². The van der Waals surface area contributed by atoms with Gasteiger partial charge in [-0.3, -0.25) is 9.78 Å². The summed E-state index contributed by atoms with van der Waals surface area (Å²) in [5.41, 5.74) is 2.68. The molecule has 0 bridgehead atoms. The zero-order valence-corrected chi connectivity index (χ0v) is 13.2. The number of hydrogen-bond acceptors (Lipinski definition) is 2. The van der Waals surface area contributed by atoms with Crippen LogP contribution in [0.1, 0.15) is 67.9 Å². The van der Waals surface area contributed by atoms with Crippen LogP contribution in [0.3, 0.4) is 0 Å². The van der Waals surface area contributed by atoms with Crippen molar-refractivity contribution < 1.29 is 4.79 Å². The van der Waals surface area contributed by atoms with Crippen molar-refractivity contribution in [3.63, 3.8) is 0 Å². The van der Waals surface area contributed by atoms with Crippen molar-refractivity contribution >= 4 is 16.7 Å². The molecule has 0 radical (unpaired) electrons. The first kappa shape index (κ1) is 15.7. The van der Waals surface area contributed by atoms with Crippen molar-refractivity contribution in [1.82, 2.24) is 4.98 Å². The smallest absolute Gasteiger partial charge is 0.163 e. The highest BCUT2D eigenvalue weighted by Gasteiger charge is 2.11. The zero-order valence-electron chi connectivity index (χ0n) is 13.2. The molecular formula is C19H25NO. The van der Waals surface area contributed by atoms with Crippen LogP contribution in [-0.4, -0.2) is 10.8 Å². The molecule has 2 aromatic rings. The molecule has 0 saturated carbocycles. The summed E-state index contributed by atoms with van der Waals surface area (Å²) in [6.07, 6.45) is 7.92. The van der Waals surface area contributed by atoms with Crippen molar-refractivity contribution in [3.05, 3.63) is 41.6 Å². The Hall–Kier alpha value is -1.70. The zero-order chi connectivity index (χ0) is 15.1. The van der Waals surface area contributed by atoms with E-state index in [1.54, 1.807) is 0 Å². The molecule has 2 nitrogen and oxygen atoms in total. The molecule has 112 valence electrons. The first-order valence-corrected chi connectivity index (χ1v) is 8.12. The number of unbranched alkanes of at least 4 members (excludes halogenated alkanes) is 5. The van der Waals surface area contributed by atoms with Crippen LogP contribution >= 0.6 is 0 Å². The number of fused-ring (bicyclic) bond motifs is 1. The van der Waals surface area contributed by atoms with Gasteiger partial charge in [-0.15, -0.1) is 0 Å². The molecule has 0 amide bonds. The minimum atomic E-state index is 0.257. The van der Waals surface area contributed by atoms with Gasteiger partial charge in [0.05, 0.1) is 5.52 Å². The number of nitrogens with zero attached hydrogens (tertiary/aromatic N) is 1. The first-order valence-electron chi connectivity index (χ1n) is 8.12. The van der Waals surface area contributed by atoms with Crippen LogP contribution < -0.4 is 0 Å². The number of para-hydroxylation sites is 1. The fourth-order valence-corrected chi connectivity index (χ4v) is 2.74. The maximum Gasteiger partial charge on any atom is 0.163 e. The molecule has 0 N–H and O–H groups in total. The summed E-state index contributed by atoms with van der Waals surface area (Å²) < 4.78 is 0. The minimum Gasteiger partial charge on any atom is -0.294 e. The molecular weight excluding hydrogens is 258 g/mol. The van der Waals surface area contributed by atoms with Crippen LogP contribution in [0, 0.1) is 6.92 Å². The summed E-state index contributed by atoms with van der Waals surface area (Å²) in [6, 6.07) is 9.85. The Morgan fingerprint density at radius 2 is 1.76 bits per heavy atom. The number of aromatic nitrogens is 1. The van der Waals surface area contributed by atoms with E-state index in [0.29, 0.717) is 6.42 Å². The van der Waals surface area contributed by atoms with Gasteiger partial charge in [-0.2, -0.15) is 0 Å². The number of carbonyl (C=O) groups is 1. The summed E-state index contributed by atoms with van der Waals surface area (Å²) in [5, 5.41) is 0.985. The Labute approximate surface area is 127 Å². The fourth-order valence-electron chi connectivity index (χ4n) is 2.74. The third kappa shape index (κ3) is 4.38. The molecule has 1 aromatic carbocycles. The third-order valence-corrected chi connectivity index (χ3v) is 3.90. The van der Waals surface area contributed by atoms with Gasteiger partial charge < -0.3 is 0 Å². The number of aryl methyl sites for hydroxylation is 1. The second kappa shape index (κ2) is 7.92. The molecule has 0 aliphatic carbocycles. The van der Waals surface area contributed by atoms with Crippen LogP contribution in [0.15, 0.2) is 30.3 Å². The standard InChI is InChI=1S/C19H25NO/c1-3-4-5-6-7-8-13-19(21)17-14-15(2)20-18-12-10-9-11-16(17)18/h9-12,14H,3-8,13H2,1-2H3. The lowest BCUT2D eigenvalue weighted by molar-refractivity contribution is 0.0980. The Morgan fingerprint density at radius 3 is 2.57 bits per heavy atom. The fraction of sp³-hybridized carbons (Fsp3) is 0.474. The van der Waals surface area contributed by atoms with Crippen molar-refractivity contribution in [2.24, 2.45) is 0 Å². The normalized spacial score (nSPS) is 11.0. The summed E-state index contributed by atoms with van der Waals surface area (Å²) >= 11 is 0. The molecule has 0 aliphatic heterocycles. The van der Waals surface area contributed by atoms with Gasteiger partial charge in [0.2, 0.25) is 0 Å². The van der Waals surface area contributed by atoms with E-state index in [2.05, 4.69) is 11.9 Å². The molecule has 2 heteroatoms. The molecule has 1 aromatic heterocycles. The third-order valence-electron chi connectivity index (χ3n) is 3.90. The Bertz CT molecular complexity index is 604. The number of carbonyl (C=O) groups excluding carboxylic acids is 1. The SMILES string of the molecule is CCCCCCCCC(=O)c1cc(C)nc2ccccc12. The van der Waals surface area contributed by atoms with Crippen LogP contribution in [0.4, 0.5) is 0 Å². The molecule has 0 fully saturated rings. The Balaban J connectivity index is 1.99. The average molecular weight is 283 g/mol. The van der Waals surface area contributed by atoms with Gasteiger partial charge in [0.15, 0.2) is 5.78 Å². The van der Waals surface area contributed by atoms with Crippen LogP contribution in [-0.2, 0) is 0 Å². The Morgan fingerprint density at radius 1 is 1.05 bits per heavy atom. The second-order valence-electron chi connectivity index (χ2n) is 5.77. The van der Waals surface area contributed by atoms with E-state index in [1.807, 2.05) is 37.3 Å². The van der Waals surface area contributed by atoms with E-state index in [1.165, 1.54) is 25.7 Å². The predicted molar refractivity (Wildman–Crippen MR) is 88.8 cm³/mol. The quantitative estimate of drug-likeness (QED) is 0.474. The van der Waals surface area contributed by atoms with Crippen LogP contribution in [0.25, 0.3) is 10.9 Å². The second-order valence-corrected chi connectivity index (χ2v) is 5.77. The maximum absolute atomic E-state index is 12.5. The van der Waals surface area contributed by atoms with Crippen molar-refractivity contribution in [1.29, 1.82) is 0 Å². The van der Waals surface area contributed by atoms with Crippen LogP contribution in [0.5, 0.6) is 0 Å². The van der Waals surface area contributed by atoms with E-state index in [9.17, 15) is 4.79 Å². The molecule has 2 rings (SSSR count). The number of benzene rings is 1. The van der Waals surface area contributed by atoms with Gasteiger partial charge in [0.25, 0.3) is 0 Å². The summed E-state index contributed by atoms with van der Waals surface area (Å²) in [4.78, 5) is 17.0. The molecule has 0 atom stereocenters. The highest BCUT2D eigenvalue weighted by Crippen LogP contribution is 2.20. The number of Topliss-reactive ketones (excluding diaryl/α,β-unsaturated/α-hetero) is 1. The largest absolute Gasteiger partial charge is 0.294 e. The van der Waals surface area contributed by atoms with Crippen molar-refractivity contribution in [2.75, 3.05) is 0 Å². The molecule has 0 spiro atoms. The lowest BCUT2D eigenvalue weighted by atomic mass is 9.99. The monoisotopic (exact) mass is 283 g/mol. The van der Waals surface area contributed by atoms with E-state index >= 15 is 0 Å². The lowest BCUT2D eigenvalue weighted by Crippen LogP contribution is -2.02. The summed E-state index contributed by atoms with van der Waals surface area (Å²) in [7, 11) is 0. The molecule has 21 heavy (non-hydrogen) atoms. The minimum absolute atomic E-state index is 0.257. The highest BCUT2D eigenvalue weighted by atomic mass is 16.1. The topological polar surface area (TPSA) is 30.0 Å². The van der Waals surface area contributed by atoms with E-state index in [0.717, 1.165) is 35.0 Å². The number of rotatable bonds is 8. The van der Waals surface area contributed by atoms with Gasteiger partial charge in [-0.05, 0) is 25.5 Å². The summed E-state index contributed by atoms with van der Waals surface area (Å²) in [5.74, 6) is 0.257. The van der Waals surface area contributed by atoms with E-state index in [4.69, 9.17) is 0 Å². The predicted octanol–water partition coefficient (Wildman–Crippen LogP) is 5.48. The van der Waals surface area contributed by atoms with Gasteiger partial charge in [0.1, 0.15) is 0 Å². The molecule has 1 heterocycles. The number of ketones is 1. The van der Waals surface area contributed by atoms with Gasteiger partial charge in [-0.1, -0.05) is 57.2 Å². The van der Waals surface area contributed by atoms with Gasteiger partial charge >= 0.3 is 0 Å². The Kier molecular flexibility index (Phi) is 5.91. The maximum atomic E-state index is 12.5. The molecule has 0 saturated heterocycles.